The van der Waals surface area contributed by atoms with Crippen molar-refractivity contribution >= 4 is 29.8 Å². The first-order valence-corrected chi connectivity index (χ1v) is 16.1. The Morgan fingerprint density at radius 3 is 1.91 bits per heavy atom. The van der Waals surface area contributed by atoms with Gasteiger partial charge in [0.25, 0.3) is 0 Å². The van der Waals surface area contributed by atoms with Crippen molar-refractivity contribution in [2.45, 2.75) is 123 Å². The molecule has 1 aliphatic carbocycles. The van der Waals surface area contributed by atoms with E-state index in [2.05, 4.69) is 10.6 Å². The van der Waals surface area contributed by atoms with Gasteiger partial charge in [-0.25, -0.2) is 9.59 Å². The molecule has 0 spiro atoms. The lowest BCUT2D eigenvalue weighted by Crippen LogP contribution is -2.59. The van der Waals surface area contributed by atoms with Crippen molar-refractivity contribution in [1.29, 1.82) is 0 Å². The molecule has 1 fully saturated rings. The van der Waals surface area contributed by atoms with Crippen LogP contribution in [-0.2, 0) is 35.1 Å². The van der Waals surface area contributed by atoms with Crippen molar-refractivity contribution < 1.29 is 33.4 Å². The first kappa shape index (κ1) is 37.1. The second kappa shape index (κ2) is 15.5. The Morgan fingerprint density at radius 1 is 0.851 bits per heavy atom. The SMILES string of the molecule is Cc1cc(C)cc(C(C(=O)NC(Cc2ccccc2)C(=O)OC(C)(C)C)N(C(=O)C(CC(N)=O)NC(=O)OC(C)(C)C)C2CCC2)c1. The van der Waals surface area contributed by atoms with E-state index >= 15 is 0 Å². The number of amides is 4. The number of benzene rings is 2. The Kier molecular flexibility index (Phi) is 12.2. The summed E-state index contributed by atoms with van der Waals surface area (Å²) in [5, 5.41) is 5.42. The van der Waals surface area contributed by atoms with Crippen LogP contribution in [0.3, 0.4) is 0 Å². The fourth-order valence-electron chi connectivity index (χ4n) is 5.49. The number of nitrogens with two attached hydrogens (primary N) is 1. The summed E-state index contributed by atoms with van der Waals surface area (Å²) in [7, 11) is 0. The van der Waals surface area contributed by atoms with E-state index in [0.717, 1.165) is 23.1 Å². The predicted octanol–water partition coefficient (Wildman–Crippen LogP) is 4.56. The van der Waals surface area contributed by atoms with Gasteiger partial charge in [0.1, 0.15) is 29.3 Å². The van der Waals surface area contributed by atoms with Crippen LogP contribution in [0, 0.1) is 13.8 Å². The molecule has 0 radical (unpaired) electrons. The van der Waals surface area contributed by atoms with Crippen LogP contribution >= 0.6 is 0 Å². The van der Waals surface area contributed by atoms with Crippen LogP contribution in [0.2, 0.25) is 0 Å². The van der Waals surface area contributed by atoms with Crippen molar-refractivity contribution in [3.63, 3.8) is 0 Å². The highest BCUT2D eigenvalue weighted by atomic mass is 16.6. The molecule has 3 atom stereocenters. The van der Waals surface area contributed by atoms with Crippen LogP contribution in [0.4, 0.5) is 4.79 Å². The van der Waals surface area contributed by atoms with Gasteiger partial charge >= 0.3 is 12.1 Å². The normalized spacial score (nSPS) is 15.3. The average molecular weight is 651 g/mol. The second-order valence-electron chi connectivity index (χ2n) is 14.3. The zero-order chi connectivity index (χ0) is 35.1. The topological polar surface area (TPSA) is 157 Å². The summed E-state index contributed by atoms with van der Waals surface area (Å²) in [6.07, 6.45) is 0.792. The average Bonchev–Trinajstić information content (AvgIpc) is 2.88. The molecule has 1 aliphatic rings. The molecule has 3 rings (SSSR count). The van der Waals surface area contributed by atoms with Gasteiger partial charge in [-0.2, -0.15) is 0 Å². The Labute approximate surface area is 277 Å². The standard InChI is InChI=1S/C36H50N4O7/c1-22-17-23(2)19-25(18-22)30(31(42)38-28(33(44)46-35(3,4)5)20-24-13-10-9-11-14-24)40(26-15-12-16-26)32(43)27(21-29(37)41)39-34(45)47-36(6,7)8/h9-11,13-14,17-19,26-28,30H,12,15-16,20-21H2,1-8H3,(H2,37,41)(H,38,42)(H,39,45). The van der Waals surface area contributed by atoms with Gasteiger partial charge in [0, 0.05) is 12.5 Å². The first-order chi connectivity index (χ1) is 21.8. The van der Waals surface area contributed by atoms with Crippen molar-refractivity contribution in [2.24, 2.45) is 5.73 Å². The molecule has 2 aromatic rings. The molecule has 4 N–H and O–H groups in total. The molecule has 0 saturated heterocycles. The lowest BCUT2D eigenvalue weighted by molar-refractivity contribution is -0.159. The summed E-state index contributed by atoms with van der Waals surface area (Å²) in [6.45, 7) is 14.0. The van der Waals surface area contributed by atoms with Crippen molar-refractivity contribution in [3.8, 4) is 0 Å². The van der Waals surface area contributed by atoms with Crippen LogP contribution in [0.25, 0.3) is 0 Å². The first-order valence-electron chi connectivity index (χ1n) is 16.1. The van der Waals surface area contributed by atoms with Gasteiger partial charge in [-0.3, -0.25) is 14.4 Å². The summed E-state index contributed by atoms with van der Waals surface area (Å²) in [6, 6.07) is 10.8. The minimum atomic E-state index is -1.39. The predicted molar refractivity (Wildman–Crippen MR) is 178 cm³/mol. The molecule has 0 heterocycles. The Hall–Kier alpha value is -4.41. The Balaban J connectivity index is 2.10. The molecular weight excluding hydrogens is 600 g/mol. The van der Waals surface area contributed by atoms with Gasteiger partial charge in [0.2, 0.25) is 17.7 Å². The summed E-state index contributed by atoms with van der Waals surface area (Å²) >= 11 is 0. The van der Waals surface area contributed by atoms with Crippen LogP contribution in [0.15, 0.2) is 48.5 Å². The molecule has 0 aliphatic heterocycles. The number of hydrogen-bond donors (Lipinski definition) is 3. The highest BCUT2D eigenvalue weighted by Crippen LogP contribution is 2.35. The minimum absolute atomic E-state index is 0.156. The van der Waals surface area contributed by atoms with Crippen molar-refractivity contribution in [3.05, 3.63) is 70.8 Å². The van der Waals surface area contributed by atoms with E-state index in [9.17, 15) is 24.0 Å². The number of primary amides is 1. The Morgan fingerprint density at radius 2 is 1.43 bits per heavy atom. The molecule has 11 nitrogen and oxygen atoms in total. The van der Waals surface area contributed by atoms with Gasteiger partial charge in [-0.05, 0) is 85.8 Å². The summed E-state index contributed by atoms with van der Waals surface area (Å²) in [5.41, 5.74) is 6.92. The van der Waals surface area contributed by atoms with Gasteiger partial charge in [0.15, 0.2) is 0 Å². The number of carbonyl (C=O) groups excluding carboxylic acids is 5. The highest BCUT2D eigenvalue weighted by molar-refractivity contribution is 5.96. The van der Waals surface area contributed by atoms with Gasteiger partial charge < -0.3 is 30.7 Å². The maximum absolute atomic E-state index is 14.6. The summed E-state index contributed by atoms with van der Waals surface area (Å²) in [4.78, 5) is 69.0. The van der Waals surface area contributed by atoms with Gasteiger partial charge in [-0.15, -0.1) is 0 Å². The fourth-order valence-corrected chi connectivity index (χ4v) is 5.49. The van der Waals surface area contributed by atoms with E-state index in [1.807, 2.05) is 62.4 Å². The quantitative estimate of drug-likeness (QED) is 0.284. The van der Waals surface area contributed by atoms with Crippen molar-refractivity contribution in [1.82, 2.24) is 15.5 Å². The molecule has 1 saturated carbocycles. The monoisotopic (exact) mass is 650 g/mol. The number of alkyl carbamates (subject to hydrolysis) is 1. The highest BCUT2D eigenvalue weighted by Gasteiger charge is 2.43. The molecule has 256 valence electrons. The third-order valence-electron chi connectivity index (χ3n) is 7.49. The molecule has 47 heavy (non-hydrogen) atoms. The fraction of sp³-hybridized carbons (Fsp3) is 0.528. The van der Waals surface area contributed by atoms with Crippen LogP contribution in [-0.4, -0.2) is 64.0 Å². The number of carbonyl (C=O) groups is 5. The van der Waals surface area contributed by atoms with E-state index in [0.29, 0.717) is 18.4 Å². The lowest BCUT2D eigenvalue weighted by Gasteiger charge is -2.44. The van der Waals surface area contributed by atoms with Gasteiger partial charge in [0.05, 0.1) is 6.42 Å². The molecular formula is C36H50N4O7. The summed E-state index contributed by atoms with van der Waals surface area (Å²) < 4.78 is 11.1. The van der Waals surface area contributed by atoms with Crippen LogP contribution in [0.1, 0.15) is 95.5 Å². The molecule has 2 aromatic carbocycles. The third kappa shape index (κ3) is 11.4. The van der Waals surface area contributed by atoms with E-state index in [4.69, 9.17) is 15.2 Å². The molecule has 0 aromatic heterocycles. The molecule has 0 bridgehead atoms. The van der Waals surface area contributed by atoms with Gasteiger partial charge in [-0.1, -0.05) is 59.7 Å². The van der Waals surface area contributed by atoms with Crippen LogP contribution < -0.4 is 16.4 Å². The number of esters is 1. The third-order valence-corrected chi connectivity index (χ3v) is 7.49. The number of ether oxygens (including phenoxy) is 2. The maximum atomic E-state index is 14.6. The minimum Gasteiger partial charge on any atom is -0.458 e. The number of rotatable bonds is 12. The zero-order valence-electron chi connectivity index (χ0n) is 28.8. The summed E-state index contributed by atoms with van der Waals surface area (Å²) in [5.74, 6) is -2.69. The zero-order valence-corrected chi connectivity index (χ0v) is 28.8. The smallest absolute Gasteiger partial charge is 0.408 e. The molecule has 3 unspecified atom stereocenters. The van der Waals surface area contributed by atoms with Crippen LogP contribution in [0.5, 0.6) is 0 Å². The number of aryl methyl sites for hydroxylation is 2. The van der Waals surface area contributed by atoms with E-state index in [-0.39, 0.29) is 12.5 Å². The number of nitrogens with zero attached hydrogens (tertiary/aromatic N) is 1. The van der Waals surface area contributed by atoms with Crippen molar-refractivity contribution in [2.75, 3.05) is 0 Å². The molecule has 11 heteroatoms. The maximum Gasteiger partial charge on any atom is 0.408 e. The lowest BCUT2D eigenvalue weighted by atomic mass is 9.87. The van der Waals surface area contributed by atoms with E-state index in [1.165, 1.54) is 4.90 Å². The van der Waals surface area contributed by atoms with E-state index < -0.39 is 65.5 Å². The number of nitrogens with one attached hydrogen (secondary N) is 2. The molecule has 4 amide bonds. The largest absolute Gasteiger partial charge is 0.458 e. The number of hydrogen-bond acceptors (Lipinski definition) is 7. The second-order valence-corrected chi connectivity index (χ2v) is 14.3. The van der Waals surface area contributed by atoms with E-state index in [1.54, 1.807) is 41.5 Å². The Bertz CT molecular complexity index is 1420.